The molecule has 1 heterocycles. The van der Waals surface area contributed by atoms with Crippen LogP contribution in [0.5, 0.6) is 0 Å². The lowest BCUT2D eigenvalue weighted by atomic mass is 10.2. The van der Waals surface area contributed by atoms with Gasteiger partial charge in [0.1, 0.15) is 0 Å². The summed E-state index contributed by atoms with van der Waals surface area (Å²) in [5, 5.41) is 3.46. The zero-order chi connectivity index (χ0) is 17.2. The number of benzene rings is 1. The van der Waals surface area contributed by atoms with Crippen molar-refractivity contribution >= 4 is 45.9 Å². The number of unbranched alkanes of at least 4 members (excludes halogenated alkanes) is 1. The van der Waals surface area contributed by atoms with Crippen molar-refractivity contribution in [3.63, 3.8) is 0 Å². The van der Waals surface area contributed by atoms with Gasteiger partial charge in [-0.25, -0.2) is 0 Å². The van der Waals surface area contributed by atoms with E-state index in [1.807, 2.05) is 7.05 Å². The molecule has 5 nitrogen and oxygen atoms in total. The van der Waals surface area contributed by atoms with Crippen molar-refractivity contribution in [2.24, 2.45) is 4.99 Å². The monoisotopic (exact) mass is 524 g/mol. The molecule has 0 aliphatic carbocycles. The van der Waals surface area contributed by atoms with Gasteiger partial charge >= 0.3 is 0 Å². The smallest absolute Gasteiger partial charge is 0.193 e. The summed E-state index contributed by atoms with van der Waals surface area (Å²) in [6, 6.07) is 8.42. The Labute approximate surface area is 177 Å². The minimum absolute atomic E-state index is 0. The molecule has 25 heavy (non-hydrogen) atoms. The van der Waals surface area contributed by atoms with Gasteiger partial charge in [0.2, 0.25) is 0 Å². The lowest BCUT2D eigenvalue weighted by Crippen LogP contribution is -2.39. The molecule has 0 amide bonds. The lowest BCUT2D eigenvalue weighted by Gasteiger charge is -2.26. The molecule has 0 atom stereocenters. The summed E-state index contributed by atoms with van der Waals surface area (Å²) in [6.07, 6.45) is 2.36. The fourth-order valence-corrected chi connectivity index (χ4v) is 3.07. The maximum atomic E-state index is 5.38. The van der Waals surface area contributed by atoms with Gasteiger partial charge in [-0.1, -0.05) is 28.1 Å². The molecule has 0 radical (unpaired) electrons. The van der Waals surface area contributed by atoms with Crippen LogP contribution < -0.4 is 5.32 Å². The molecule has 1 saturated heterocycles. The minimum atomic E-state index is 0. The number of nitrogens with zero attached hydrogens (tertiary/aromatic N) is 3. The normalized spacial score (nSPS) is 15.6. The molecule has 1 aromatic carbocycles. The van der Waals surface area contributed by atoms with E-state index in [-0.39, 0.29) is 24.0 Å². The number of morpholine rings is 1. The van der Waals surface area contributed by atoms with Crippen LogP contribution in [0.15, 0.2) is 33.7 Å². The van der Waals surface area contributed by atoms with Gasteiger partial charge in [-0.3, -0.25) is 9.89 Å². The number of guanidine groups is 1. The third-order valence-electron chi connectivity index (χ3n) is 4.19. The van der Waals surface area contributed by atoms with E-state index in [0.717, 1.165) is 56.2 Å². The third-order valence-corrected chi connectivity index (χ3v) is 4.72. The van der Waals surface area contributed by atoms with Crippen LogP contribution in [-0.4, -0.2) is 69.2 Å². The predicted molar refractivity (Wildman–Crippen MR) is 119 cm³/mol. The molecule has 1 aliphatic heterocycles. The van der Waals surface area contributed by atoms with Gasteiger partial charge in [0, 0.05) is 44.7 Å². The van der Waals surface area contributed by atoms with Gasteiger partial charge in [0.05, 0.1) is 13.2 Å². The van der Waals surface area contributed by atoms with Crippen LogP contribution in [0.2, 0.25) is 0 Å². The minimum Gasteiger partial charge on any atom is -0.379 e. The summed E-state index contributed by atoms with van der Waals surface area (Å²) in [5.74, 6) is 0.948. The van der Waals surface area contributed by atoms with E-state index in [0.29, 0.717) is 0 Å². The first kappa shape index (κ1) is 22.7. The Morgan fingerprint density at radius 2 is 1.92 bits per heavy atom. The fraction of sp³-hybridized carbons (Fsp3) is 0.611. The van der Waals surface area contributed by atoms with Gasteiger partial charge in [-0.2, -0.15) is 0 Å². The standard InChI is InChI=1S/C18H29BrN4O.HI/c1-20-18(22(2)15-16-5-7-17(19)8-6-16)21-9-3-4-10-23-11-13-24-14-12-23;/h5-8H,3-4,9-15H2,1-2H3,(H,20,21);1H. The molecule has 0 aromatic heterocycles. The van der Waals surface area contributed by atoms with Crippen LogP contribution in [0.4, 0.5) is 0 Å². The molecule has 2 rings (SSSR count). The number of hydrogen-bond donors (Lipinski definition) is 1. The first-order valence-corrected chi connectivity index (χ1v) is 9.44. The van der Waals surface area contributed by atoms with Crippen LogP contribution >= 0.6 is 39.9 Å². The average Bonchev–Trinajstić information content (AvgIpc) is 2.61. The van der Waals surface area contributed by atoms with E-state index >= 15 is 0 Å². The Hall–Kier alpha value is -0.380. The first-order valence-electron chi connectivity index (χ1n) is 8.65. The second-order valence-electron chi connectivity index (χ2n) is 6.12. The van der Waals surface area contributed by atoms with Crippen LogP contribution in [-0.2, 0) is 11.3 Å². The number of aliphatic imine (C=N–C) groups is 1. The van der Waals surface area contributed by atoms with Crippen molar-refractivity contribution in [3.8, 4) is 0 Å². The molecule has 1 aromatic rings. The SMILES string of the molecule is CN=C(NCCCCN1CCOCC1)N(C)Cc1ccc(Br)cc1.I. The quantitative estimate of drug-likeness (QED) is 0.257. The number of ether oxygens (including phenoxy) is 1. The van der Waals surface area contributed by atoms with Crippen molar-refractivity contribution in [2.45, 2.75) is 19.4 Å². The Bertz CT molecular complexity index is 506. The summed E-state index contributed by atoms with van der Waals surface area (Å²) >= 11 is 3.47. The van der Waals surface area contributed by atoms with E-state index in [1.54, 1.807) is 0 Å². The highest BCUT2D eigenvalue weighted by molar-refractivity contribution is 14.0. The lowest BCUT2D eigenvalue weighted by molar-refractivity contribution is 0.0372. The maximum Gasteiger partial charge on any atom is 0.193 e. The Morgan fingerprint density at radius 1 is 1.24 bits per heavy atom. The summed E-state index contributed by atoms with van der Waals surface area (Å²) in [4.78, 5) is 9.03. The van der Waals surface area contributed by atoms with Crippen LogP contribution in [0, 0.1) is 0 Å². The van der Waals surface area contributed by atoms with Gasteiger partial charge < -0.3 is 15.0 Å². The van der Waals surface area contributed by atoms with Crippen molar-refractivity contribution < 1.29 is 4.74 Å². The third kappa shape index (κ3) is 8.70. The van der Waals surface area contributed by atoms with E-state index < -0.39 is 0 Å². The number of rotatable bonds is 7. The fourth-order valence-electron chi connectivity index (χ4n) is 2.81. The molecule has 0 unspecified atom stereocenters. The zero-order valence-electron chi connectivity index (χ0n) is 15.2. The van der Waals surface area contributed by atoms with E-state index in [2.05, 4.69) is 67.4 Å². The number of halogens is 2. The number of nitrogens with one attached hydrogen (secondary N) is 1. The van der Waals surface area contributed by atoms with E-state index in [9.17, 15) is 0 Å². The summed E-state index contributed by atoms with van der Waals surface area (Å²) in [5.41, 5.74) is 1.27. The second kappa shape index (κ2) is 12.9. The molecule has 1 fully saturated rings. The second-order valence-corrected chi connectivity index (χ2v) is 7.03. The molecule has 0 spiro atoms. The summed E-state index contributed by atoms with van der Waals surface area (Å²) < 4.78 is 6.49. The highest BCUT2D eigenvalue weighted by Crippen LogP contribution is 2.11. The van der Waals surface area contributed by atoms with Crippen molar-refractivity contribution in [1.29, 1.82) is 0 Å². The topological polar surface area (TPSA) is 40.1 Å². The van der Waals surface area contributed by atoms with Crippen LogP contribution in [0.25, 0.3) is 0 Å². The number of hydrogen-bond acceptors (Lipinski definition) is 3. The van der Waals surface area contributed by atoms with Crippen molar-refractivity contribution in [1.82, 2.24) is 15.1 Å². The largest absolute Gasteiger partial charge is 0.379 e. The molecular weight excluding hydrogens is 495 g/mol. The highest BCUT2D eigenvalue weighted by atomic mass is 127. The Morgan fingerprint density at radius 3 is 2.56 bits per heavy atom. The molecule has 0 bridgehead atoms. The maximum absolute atomic E-state index is 5.38. The Kier molecular flexibility index (Phi) is 11.7. The van der Waals surface area contributed by atoms with Crippen molar-refractivity contribution in [2.75, 3.05) is 53.5 Å². The van der Waals surface area contributed by atoms with Gasteiger partial charge in [-0.05, 0) is 37.1 Å². The molecule has 0 saturated carbocycles. The molecular formula is C18H30BrIN4O. The average molecular weight is 525 g/mol. The molecule has 7 heteroatoms. The van der Waals surface area contributed by atoms with Crippen molar-refractivity contribution in [3.05, 3.63) is 34.3 Å². The van der Waals surface area contributed by atoms with E-state index in [1.165, 1.54) is 18.5 Å². The molecule has 142 valence electrons. The predicted octanol–water partition coefficient (Wildman–Crippen LogP) is 3.19. The molecule has 1 aliphatic rings. The summed E-state index contributed by atoms with van der Waals surface area (Å²) in [6.45, 7) is 6.88. The van der Waals surface area contributed by atoms with Gasteiger partial charge in [0.15, 0.2) is 5.96 Å². The summed E-state index contributed by atoms with van der Waals surface area (Å²) in [7, 11) is 3.92. The van der Waals surface area contributed by atoms with Crippen LogP contribution in [0.3, 0.4) is 0 Å². The van der Waals surface area contributed by atoms with Gasteiger partial charge in [-0.15, -0.1) is 24.0 Å². The first-order chi connectivity index (χ1) is 11.7. The van der Waals surface area contributed by atoms with Gasteiger partial charge in [0.25, 0.3) is 0 Å². The molecule has 1 N–H and O–H groups in total. The van der Waals surface area contributed by atoms with E-state index in [4.69, 9.17) is 4.74 Å². The Balaban J connectivity index is 0.00000312. The van der Waals surface area contributed by atoms with Crippen LogP contribution in [0.1, 0.15) is 18.4 Å². The highest BCUT2D eigenvalue weighted by Gasteiger charge is 2.10. The zero-order valence-corrected chi connectivity index (χ0v) is 19.1.